The summed E-state index contributed by atoms with van der Waals surface area (Å²) < 4.78 is 16.9. The third-order valence-corrected chi connectivity index (χ3v) is 4.88. The number of fused-ring (bicyclic) bond motifs is 3. The maximum Gasteiger partial charge on any atom is 0.273 e. The summed E-state index contributed by atoms with van der Waals surface area (Å²) in [4.78, 5) is 29.1. The molecule has 28 heavy (non-hydrogen) atoms. The summed E-state index contributed by atoms with van der Waals surface area (Å²) in [5.74, 6) is -0.605. The van der Waals surface area contributed by atoms with E-state index in [0.717, 1.165) is 10.9 Å². The second-order valence-electron chi connectivity index (χ2n) is 6.86. The minimum atomic E-state index is -0.602. The Kier molecular flexibility index (Phi) is 4.22. The Hall–Kier alpha value is -3.48. The second-order valence-corrected chi connectivity index (χ2v) is 6.86. The van der Waals surface area contributed by atoms with Gasteiger partial charge in [-0.25, -0.2) is 8.91 Å². The van der Waals surface area contributed by atoms with Gasteiger partial charge in [0.15, 0.2) is 5.65 Å². The summed E-state index contributed by atoms with van der Waals surface area (Å²) in [7, 11) is 0. The first-order valence-corrected chi connectivity index (χ1v) is 8.93. The van der Waals surface area contributed by atoms with Gasteiger partial charge < -0.3 is 5.32 Å². The van der Waals surface area contributed by atoms with Crippen molar-refractivity contribution in [3.8, 4) is 0 Å². The Bertz CT molecular complexity index is 1290. The van der Waals surface area contributed by atoms with Gasteiger partial charge in [0.2, 0.25) is 5.91 Å². The Labute approximate surface area is 160 Å². The van der Waals surface area contributed by atoms with Crippen LogP contribution in [0.1, 0.15) is 24.2 Å². The first-order valence-electron chi connectivity index (χ1n) is 8.93. The number of carbonyl (C=O) groups excluding carboxylic acids is 1. The van der Waals surface area contributed by atoms with Crippen molar-refractivity contribution in [3.63, 3.8) is 0 Å². The van der Waals surface area contributed by atoms with Crippen molar-refractivity contribution in [2.45, 2.75) is 26.8 Å². The van der Waals surface area contributed by atoms with Gasteiger partial charge in [-0.05, 0) is 56.7 Å². The van der Waals surface area contributed by atoms with Gasteiger partial charge in [-0.3, -0.25) is 14.3 Å². The fourth-order valence-corrected chi connectivity index (χ4v) is 3.50. The van der Waals surface area contributed by atoms with Gasteiger partial charge in [-0.1, -0.05) is 12.1 Å². The number of hydrogen-bond acceptors (Lipinski definition) is 3. The first kappa shape index (κ1) is 17.9. The lowest BCUT2D eigenvalue weighted by Crippen LogP contribution is -2.27. The molecule has 4 aromatic rings. The van der Waals surface area contributed by atoms with Crippen LogP contribution < -0.4 is 10.9 Å². The van der Waals surface area contributed by atoms with Gasteiger partial charge in [-0.2, -0.15) is 4.98 Å². The predicted octanol–water partition coefficient (Wildman–Crippen LogP) is 3.60. The average molecular weight is 378 g/mol. The van der Waals surface area contributed by atoms with Crippen LogP contribution in [0.3, 0.4) is 0 Å². The van der Waals surface area contributed by atoms with Crippen molar-refractivity contribution in [3.05, 3.63) is 76.0 Å². The number of nitrogens with zero attached hydrogens (tertiary/aromatic N) is 3. The molecule has 7 heteroatoms. The average Bonchev–Trinajstić information content (AvgIpc) is 2.98. The number of hydrogen-bond donors (Lipinski definition) is 1. The summed E-state index contributed by atoms with van der Waals surface area (Å²) in [6.45, 7) is 5.32. The first-order chi connectivity index (χ1) is 13.4. The van der Waals surface area contributed by atoms with Crippen molar-refractivity contribution in [2.75, 3.05) is 5.32 Å². The van der Waals surface area contributed by atoms with Crippen LogP contribution in [0.4, 0.5) is 10.1 Å². The molecule has 0 fully saturated rings. The molecule has 1 N–H and O–H groups in total. The smallest absolute Gasteiger partial charge is 0.273 e. The number of aryl methyl sites for hydroxylation is 2. The zero-order valence-corrected chi connectivity index (χ0v) is 15.7. The van der Waals surface area contributed by atoms with E-state index in [9.17, 15) is 14.0 Å². The van der Waals surface area contributed by atoms with Crippen molar-refractivity contribution in [1.29, 1.82) is 0 Å². The highest BCUT2D eigenvalue weighted by molar-refractivity contribution is 5.97. The quantitative estimate of drug-likeness (QED) is 0.592. The lowest BCUT2D eigenvalue weighted by atomic mass is 10.2. The van der Waals surface area contributed by atoms with E-state index in [-0.39, 0.29) is 17.3 Å². The molecule has 1 atom stereocenters. The molecule has 0 bridgehead atoms. The molecular formula is C21H19FN4O2. The van der Waals surface area contributed by atoms with Gasteiger partial charge in [-0.15, -0.1) is 0 Å². The van der Waals surface area contributed by atoms with E-state index in [4.69, 9.17) is 0 Å². The van der Waals surface area contributed by atoms with Gasteiger partial charge in [0, 0.05) is 22.8 Å². The van der Waals surface area contributed by atoms with Gasteiger partial charge in [0.25, 0.3) is 5.56 Å². The van der Waals surface area contributed by atoms with Crippen molar-refractivity contribution in [2.24, 2.45) is 0 Å². The summed E-state index contributed by atoms with van der Waals surface area (Å²) in [6.07, 6.45) is 0. The van der Waals surface area contributed by atoms with E-state index >= 15 is 0 Å². The molecule has 0 aliphatic heterocycles. The Morgan fingerprint density at radius 3 is 2.64 bits per heavy atom. The number of amides is 1. The van der Waals surface area contributed by atoms with Crippen molar-refractivity contribution >= 4 is 28.1 Å². The molecule has 0 spiro atoms. The van der Waals surface area contributed by atoms with Crippen LogP contribution in [0.5, 0.6) is 0 Å². The van der Waals surface area contributed by atoms with E-state index in [1.54, 1.807) is 31.4 Å². The van der Waals surface area contributed by atoms with Crippen LogP contribution in [0.2, 0.25) is 0 Å². The number of anilines is 1. The molecule has 4 rings (SSSR count). The molecule has 2 aromatic heterocycles. The number of nitrogens with one attached hydrogen (secondary N) is 1. The summed E-state index contributed by atoms with van der Waals surface area (Å²) in [6, 6.07) is 12.6. The lowest BCUT2D eigenvalue weighted by Gasteiger charge is -2.19. The molecule has 0 saturated carbocycles. The zero-order valence-electron chi connectivity index (χ0n) is 15.7. The monoisotopic (exact) mass is 378 g/mol. The molecule has 0 radical (unpaired) electrons. The molecular weight excluding hydrogens is 359 g/mol. The molecule has 2 aromatic carbocycles. The van der Waals surface area contributed by atoms with Gasteiger partial charge in [0.1, 0.15) is 11.9 Å². The lowest BCUT2D eigenvalue weighted by molar-refractivity contribution is -0.119. The number of benzene rings is 2. The maximum atomic E-state index is 13.3. The molecule has 0 aliphatic carbocycles. The number of aromatic nitrogens is 3. The Morgan fingerprint density at radius 1 is 1.14 bits per heavy atom. The molecule has 0 unspecified atom stereocenters. The fourth-order valence-electron chi connectivity index (χ4n) is 3.50. The third kappa shape index (κ3) is 2.85. The van der Waals surface area contributed by atoms with Crippen molar-refractivity contribution < 1.29 is 9.18 Å². The molecule has 2 heterocycles. The van der Waals surface area contributed by atoms with Crippen LogP contribution in [0.25, 0.3) is 16.6 Å². The largest absolute Gasteiger partial charge is 0.324 e. The number of rotatable bonds is 3. The van der Waals surface area contributed by atoms with Gasteiger partial charge in [0.05, 0.1) is 5.52 Å². The molecule has 0 aliphatic rings. The predicted molar refractivity (Wildman–Crippen MR) is 106 cm³/mol. The molecule has 1 amide bonds. The van der Waals surface area contributed by atoms with Crippen LogP contribution in [-0.4, -0.2) is 20.1 Å². The molecule has 0 saturated heterocycles. The number of halogens is 1. The highest BCUT2D eigenvalue weighted by Crippen LogP contribution is 2.26. The van der Waals surface area contributed by atoms with Gasteiger partial charge >= 0.3 is 0 Å². The normalized spacial score (nSPS) is 12.4. The maximum absolute atomic E-state index is 13.3. The minimum absolute atomic E-state index is 0.254. The standard InChI is InChI=1S/C21H19FN4O2/c1-12-10-15(22)8-9-17(12)23-21(28)14(3)26-18-7-5-4-6-16(18)20-24-19(27)11-13(2)25(20)26/h4-11,14H,1-3H3,(H,23,28)/t14-/m1/s1. The molecule has 6 nitrogen and oxygen atoms in total. The molecule has 142 valence electrons. The van der Waals surface area contributed by atoms with Crippen LogP contribution in [-0.2, 0) is 4.79 Å². The van der Waals surface area contributed by atoms with E-state index in [0.29, 0.717) is 22.6 Å². The number of carbonyl (C=O) groups is 1. The van der Waals surface area contributed by atoms with E-state index in [1.807, 2.05) is 28.9 Å². The number of para-hydroxylation sites is 1. The van der Waals surface area contributed by atoms with E-state index in [2.05, 4.69) is 10.3 Å². The van der Waals surface area contributed by atoms with E-state index in [1.165, 1.54) is 18.2 Å². The summed E-state index contributed by atoms with van der Waals surface area (Å²) in [5, 5.41) is 3.66. The minimum Gasteiger partial charge on any atom is -0.324 e. The SMILES string of the molecule is Cc1cc(F)ccc1NC(=O)[C@@H](C)n1c2ccccc2c2nc(=O)cc(C)n21. The highest BCUT2D eigenvalue weighted by atomic mass is 19.1. The topological polar surface area (TPSA) is 68.4 Å². The van der Waals surface area contributed by atoms with E-state index < -0.39 is 6.04 Å². The van der Waals surface area contributed by atoms with Crippen molar-refractivity contribution in [1.82, 2.24) is 14.2 Å². The Balaban J connectivity index is 1.85. The van der Waals surface area contributed by atoms with Crippen LogP contribution >= 0.6 is 0 Å². The third-order valence-electron chi connectivity index (χ3n) is 4.88. The second kappa shape index (κ2) is 6.60. The highest BCUT2D eigenvalue weighted by Gasteiger charge is 2.22. The van der Waals surface area contributed by atoms with Crippen LogP contribution in [0.15, 0.2) is 53.3 Å². The Morgan fingerprint density at radius 2 is 1.89 bits per heavy atom. The summed E-state index contributed by atoms with van der Waals surface area (Å²) in [5.41, 5.74) is 2.87. The fraction of sp³-hybridized carbons (Fsp3) is 0.190. The summed E-state index contributed by atoms with van der Waals surface area (Å²) >= 11 is 0. The zero-order chi connectivity index (χ0) is 20.0. The van der Waals surface area contributed by atoms with Crippen LogP contribution in [0, 0.1) is 19.7 Å².